The summed E-state index contributed by atoms with van der Waals surface area (Å²) in [6, 6.07) is 19.5. The predicted molar refractivity (Wildman–Crippen MR) is 159 cm³/mol. The number of aromatic nitrogens is 1. The van der Waals surface area contributed by atoms with E-state index < -0.39 is 11.9 Å². The van der Waals surface area contributed by atoms with Crippen LogP contribution in [0.25, 0.3) is 10.9 Å². The van der Waals surface area contributed by atoms with Crippen LogP contribution in [0.1, 0.15) is 97.0 Å². The fourth-order valence-electron chi connectivity index (χ4n) is 5.39. The van der Waals surface area contributed by atoms with Crippen molar-refractivity contribution in [2.45, 2.75) is 71.1 Å². The Morgan fingerprint density at radius 1 is 0.829 bits per heavy atom. The lowest BCUT2D eigenvalue weighted by atomic mass is 9.78. The predicted octanol–water partition coefficient (Wildman–Crippen LogP) is 7.24. The van der Waals surface area contributed by atoms with E-state index in [1.807, 2.05) is 18.2 Å². The second kappa shape index (κ2) is 10.3. The summed E-state index contributed by atoms with van der Waals surface area (Å²) in [7, 11) is 0. The van der Waals surface area contributed by atoms with Crippen LogP contribution in [0.3, 0.4) is 0 Å². The number of rotatable bonds is 5. The third kappa shape index (κ3) is 5.39. The number of aryl methyl sites for hydroxylation is 1. The van der Waals surface area contributed by atoms with E-state index in [0.717, 1.165) is 22.1 Å². The number of carbonyl (C=O) groups is 3. The van der Waals surface area contributed by atoms with Crippen LogP contribution in [-0.2, 0) is 22.0 Å². The van der Waals surface area contributed by atoms with Gasteiger partial charge in [-0.2, -0.15) is 0 Å². The van der Waals surface area contributed by atoms with Crippen LogP contribution in [0.5, 0.6) is 11.5 Å². The number of aromatic hydroxyl groups is 1. The highest BCUT2D eigenvalue weighted by atomic mass is 16.5. The molecule has 3 aromatic carbocycles. The normalized spacial score (nSPS) is 14.0. The first-order valence-electron chi connectivity index (χ1n) is 13.9. The van der Waals surface area contributed by atoms with Crippen LogP contribution in [0, 0.1) is 0 Å². The Morgan fingerprint density at radius 2 is 1.41 bits per heavy atom. The number of para-hydroxylation sites is 1. The second-order valence-corrected chi connectivity index (χ2v) is 12.8. The first-order valence-corrected chi connectivity index (χ1v) is 13.9. The summed E-state index contributed by atoms with van der Waals surface area (Å²) >= 11 is 0. The fourth-order valence-corrected chi connectivity index (χ4v) is 5.39. The van der Waals surface area contributed by atoms with Crippen LogP contribution >= 0.6 is 0 Å². The van der Waals surface area contributed by atoms with E-state index in [1.54, 1.807) is 48.5 Å². The zero-order chi connectivity index (χ0) is 29.7. The zero-order valence-corrected chi connectivity index (χ0v) is 24.4. The molecule has 5 rings (SSSR count). The SMILES string of the molecule is CC(C)(C)c1cc(CCC(=O)Oc2cccc3ccc(C4C(=O)c5ccccc5C4=O)nc23)cc(C(C)(C)C)c1O. The number of nitrogens with zero attached hydrogens (tertiary/aromatic N) is 1. The molecule has 6 heteroatoms. The van der Waals surface area contributed by atoms with Gasteiger partial charge < -0.3 is 9.84 Å². The van der Waals surface area contributed by atoms with Crippen LogP contribution in [0.4, 0.5) is 0 Å². The molecule has 1 aromatic heterocycles. The highest BCUT2D eigenvalue weighted by Crippen LogP contribution is 2.40. The summed E-state index contributed by atoms with van der Waals surface area (Å²) < 4.78 is 5.78. The Bertz CT molecular complexity index is 1630. The van der Waals surface area contributed by atoms with Crippen molar-refractivity contribution < 1.29 is 24.2 Å². The standard InChI is InChI=1S/C35H35NO5/c1-34(2,3)24-18-20(19-25(33(24)40)35(4,5)6)14-17-28(37)41-27-13-9-10-21-15-16-26(36-30(21)27)29-31(38)22-11-7-8-12-23(22)32(29)39/h7-13,15-16,18-19,29,40H,14,17H2,1-6H3. The molecule has 41 heavy (non-hydrogen) atoms. The number of hydrogen-bond acceptors (Lipinski definition) is 6. The highest BCUT2D eigenvalue weighted by Gasteiger charge is 2.40. The fraction of sp³-hybridized carbons (Fsp3) is 0.314. The van der Waals surface area contributed by atoms with Gasteiger partial charge in [-0.05, 0) is 46.1 Å². The number of esters is 1. The minimum Gasteiger partial charge on any atom is -0.507 e. The van der Waals surface area contributed by atoms with Crippen LogP contribution in [-0.4, -0.2) is 27.6 Å². The quantitative estimate of drug-likeness (QED) is 0.160. The molecule has 0 aliphatic heterocycles. The maximum atomic E-state index is 13.1. The molecule has 0 saturated heterocycles. The molecule has 6 nitrogen and oxygen atoms in total. The number of Topliss-reactive ketones (excluding diaryl/α,β-unsaturated/α-hetero) is 2. The average Bonchev–Trinajstić information content (AvgIpc) is 3.16. The van der Waals surface area contributed by atoms with Crippen LogP contribution in [0.2, 0.25) is 0 Å². The molecular formula is C35H35NO5. The van der Waals surface area contributed by atoms with Gasteiger partial charge in [-0.15, -0.1) is 0 Å². The average molecular weight is 550 g/mol. The van der Waals surface area contributed by atoms with E-state index in [2.05, 4.69) is 46.5 Å². The summed E-state index contributed by atoms with van der Waals surface area (Å²) in [5, 5.41) is 11.7. The van der Waals surface area contributed by atoms with Crippen LogP contribution < -0.4 is 4.74 Å². The van der Waals surface area contributed by atoms with E-state index in [0.29, 0.717) is 34.5 Å². The molecule has 0 spiro atoms. The maximum absolute atomic E-state index is 13.1. The molecule has 210 valence electrons. The molecule has 1 heterocycles. The van der Waals surface area contributed by atoms with E-state index in [-0.39, 0.29) is 34.6 Å². The number of phenolic OH excluding ortho intramolecular Hbond substituents is 1. The second-order valence-electron chi connectivity index (χ2n) is 12.8. The largest absolute Gasteiger partial charge is 0.507 e. The summed E-state index contributed by atoms with van der Waals surface area (Å²) in [5.41, 5.74) is 3.67. The molecule has 1 aliphatic rings. The first kappa shape index (κ1) is 28.2. The number of benzene rings is 3. The van der Waals surface area contributed by atoms with Gasteiger partial charge in [0.15, 0.2) is 17.3 Å². The van der Waals surface area contributed by atoms with Gasteiger partial charge in [0.1, 0.15) is 17.2 Å². The Labute approximate surface area is 240 Å². The van der Waals surface area contributed by atoms with Crippen molar-refractivity contribution in [2.75, 3.05) is 0 Å². The smallest absolute Gasteiger partial charge is 0.311 e. The van der Waals surface area contributed by atoms with Gasteiger partial charge in [-0.1, -0.05) is 96.1 Å². The molecule has 0 bridgehead atoms. The van der Waals surface area contributed by atoms with Gasteiger partial charge >= 0.3 is 5.97 Å². The summed E-state index contributed by atoms with van der Waals surface area (Å²) in [4.78, 5) is 43.8. The summed E-state index contributed by atoms with van der Waals surface area (Å²) in [6.07, 6.45) is 0.570. The first-order chi connectivity index (χ1) is 19.3. The minimum absolute atomic E-state index is 0.128. The van der Waals surface area contributed by atoms with Crippen molar-refractivity contribution in [3.8, 4) is 11.5 Å². The molecule has 0 radical (unpaired) electrons. The van der Waals surface area contributed by atoms with E-state index in [9.17, 15) is 19.5 Å². The van der Waals surface area contributed by atoms with E-state index in [4.69, 9.17) is 4.74 Å². The van der Waals surface area contributed by atoms with Gasteiger partial charge in [0.05, 0.1) is 5.69 Å². The molecule has 1 aliphatic carbocycles. The molecule has 0 amide bonds. The summed E-state index contributed by atoms with van der Waals surface area (Å²) in [6.45, 7) is 12.3. The van der Waals surface area contributed by atoms with Crippen molar-refractivity contribution in [2.24, 2.45) is 0 Å². The highest BCUT2D eigenvalue weighted by molar-refractivity contribution is 6.29. The third-order valence-corrected chi connectivity index (χ3v) is 7.61. The molecule has 0 saturated carbocycles. The Balaban J connectivity index is 1.39. The zero-order valence-electron chi connectivity index (χ0n) is 24.4. The molecular weight excluding hydrogens is 514 g/mol. The van der Waals surface area contributed by atoms with Crippen molar-refractivity contribution >= 4 is 28.4 Å². The number of phenols is 1. The number of ether oxygens (including phenoxy) is 1. The molecule has 0 atom stereocenters. The monoisotopic (exact) mass is 549 g/mol. The Kier molecular flexibility index (Phi) is 7.06. The van der Waals surface area contributed by atoms with Gasteiger partial charge in [-0.25, -0.2) is 4.98 Å². The van der Waals surface area contributed by atoms with Crippen molar-refractivity contribution in [1.82, 2.24) is 4.98 Å². The number of carbonyl (C=O) groups excluding carboxylic acids is 3. The van der Waals surface area contributed by atoms with Gasteiger partial charge in [0, 0.05) is 22.9 Å². The van der Waals surface area contributed by atoms with Gasteiger partial charge in [-0.3, -0.25) is 14.4 Å². The minimum atomic E-state index is -1.01. The number of hydrogen-bond donors (Lipinski definition) is 1. The number of fused-ring (bicyclic) bond motifs is 2. The van der Waals surface area contributed by atoms with Crippen molar-refractivity contribution in [3.63, 3.8) is 0 Å². The van der Waals surface area contributed by atoms with Crippen molar-refractivity contribution in [1.29, 1.82) is 0 Å². The van der Waals surface area contributed by atoms with Crippen molar-refractivity contribution in [3.05, 3.63) is 100 Å². The third-order valence-electron chi connectivity index (χ3n) is 7.61. The molecule has 4 aromatic rings. The number of pyridine rings is 1. The molecule has 0 unspecified atom stereocenters. The topological polar surface area (TPSA) is 93.6 Å². The van der Waals surface area contributed by atoms with Gasteiger partial charge in [0.25, 0.3) is 0 Å². The number of ketones is 2. The van der Waals surface area contributed by atoms with E-state index in [1.165, 1.54) is 0 Å². The Morgan fingerprint density at radius 3 is 1.98 bits per heavy atom. The Hall–Kier alpha value is -4.32. The molecule has 1 N–H and O–H groups in total. The lowest BCUT2D eigenvalue weighted by Crippen LogP contribution is -2.18. The lowest BCUT2D eigenvalue weighted by Gasteiger charge is -2.28. The molecule has 0 fully saturated rings. The lowest BCUT2D eigenvalue weighted by molar-refractivity contribution is -0.134. The maximum Gasteiger partial charge on any atom is 0.311 e. The van der Waals surface area contributed by atoms with E-state index >= 15 is 0 Å². The summed E-state index contributed by atoms with van der Waals surface area (Å²) in [5.74, 6) is -1.40. The van der Waals surface area contributed by atoms with Gasteiger partial charge in [0.2, 0.25) is 0 Å². The van der Waals surface area contributed by atoms with Crippen LogP contribution in [0.15, 0.2) is 66.7 Å².